The van der Waals surface area contributed by atoms with Crippen molar-refractivity contribution in [2.45, 2.75) is 6.18 Å². The van der Waals surface area contributed by atoms with Gasteiger partial charge in [0.2, 0.25) is 0 Å². The van der Waals surface area contributed by atoms with Gasteiger partial charge < -0.3 is 9.57 Å². The molecule has 2 aromatic carbocycles. The van der Waals surface area contributed by atoms with Crippen LogP contribution in [0, 0.1) is 0 Å². The summed E-state index contributed by atoms with van der Waals surface area (Å²) < 4.78 is 42.2. The minimum atomic E-state index is -4.44. The highest BCUT2D eigenvalue weighted by Crippen LogP contribution is 2.29. The number of alkyl halides is 3. The van der Waals surface area contributed by atoms with Crippen molar-refractivity contribution in [3.63, 3.8) is 0 Å². The molecule has 0 aliphatic heterocycles. The molecular formula is C15H13F3N2O3. The van der Waals surface area contributed by atoms with Crippen molar-refractivity contribution in [3.05, 3.63) is 59.7 Å². The molecule has 0 aliphatic carbocycles. The standard InChI is InChI=1S/C15H13F3N2O3/c1-22-12-6-8-13(9-7-12)23-20-19-14(21)10-2-4-11(5-3-10)15(16,17)18/h2-9,20H,1H3,(H,19,21). The molecule has 2 rings (SSSR count). The van der Waals surface area contributed by atoms with Crippen LogP contribution >= 0.6 is 0 Å². The highest BCUT2D eigenvalue weighted by Gasteiger charge is 2.30. The molecule has 8 heteroatoms. The summed E-state index contributed by atoms with van der Waals surface area (Å²) in [5, 5.41) is 0. The molecular weight excluding hydrogens is 313 g/mol. The van der Waals surface area contributed by atoms with Gasteiger partial charge in [-0.15, -0.1) is 0 Å². The molecule has 23 heavy (non-hydrogen) atoms. The van der Waals surface area contributed by atoms with Crippen LogP contribution in [-0.4, -0.2) is 13.0 Å². The quantitative estimate of drug-likeness (QED) is 0.830. The zero-order valence-corrected chi connectivity index (χ0v) is 12.0. The number of carbonyl (C=O) groups is 1. The van der Waals surface area contributed by atoms with E-state index in [2.05, 4.69) is 11.0 Å². The Morgan fingerprint density at radius 1 is 0.957 bits per heavy atom. The van der Waals surface area contributed by atoms with E-state index >= 15 is 0 Å². The molecule has 0 saturated heterocycles. The van der Waals surface area contributed by atoms with Crippen LogP contribution in [0.3, 0.4) is 0 Å². The molecule has 0 aromatic heterocycles. The average Bonchev–Trinajstić information content (AvgIpc) is 2.54. The van der Waals surface area contributed by atoms with Crippen LogP contribution < -0.4 is 20.6 Å². The van der Waals surface area contributed by atoms with E-state index in [9.17, 15) is 18.0 Å². The van der Waals surface area contributed by atoms with Crippen molar-refractivity contribution >= 4 is 5.91 Å². The zero-order valence-electron chi connectivity index (χ0n) is 12.0. The summed E-state index contributed by atoms with van der Waals surface area (Å²) in [5.41, 5.74) is 3.67. The molecule has 0 atom stereocenters. The van der Waals surface area contributed by atoms with E-state index in [0.717, 1.165) is 24.3 Å². The first-order chi connectivity index (χ1) is 10.9. The number of ether oxygens (including phenoxy) is 1. The van der Waals surface area contributed by atoms with Gasteiger partial charge >= 0.3 is 6.18 Å². The summed E-state index contributed by atoms with van der Waals surface area (Å²) >= 11 is 0. The Morgan fingerprint density at radius 3 is 2.04 bits per heavy atom. The molecule has 0 unspecified atom stereocenters. The van der Waals surface area contributed by atoms with Gasteiger partial charge in [0.15, 0.2) is 0 Å². The molecule has 0 bridgehead atoms. The first-order valence-electron chi connectivity index (χ1n) is 6.43. The van der Waals surface area contributed by atoms with Gasteiger partial charge in [0.1, 0.15) is 11.5 Å². The Kier molecular flexibility index (Phi) is 5.07. The van der Waals surface area contributed by atoms with Crippen molar-refractivity contribution in [2.24, 2.45) is 0 Å². The van der Waals surface area contributed by atoms with Crippen LogP contribution in [0.1, 0.15) is 15.9 Å². The number of hydrogen-bond donors (Lipinski definition) is 2. The molecule has 0 aliphatic rings. The Balaban J connectivity index is 1.86. The lowest BCUT2D eigenvalue weighted by molar-refractivity contribution is -0.137. The summed E-state index contributed by atoms with van der Waals surface area (Å²) in [4.78, 5) is 16.8. The van der Waals surface area contributed by atoms with Gasteiger partial charge in [0.05, 0.1) is 12.7 Å². The van der Waals surface area contributed by atoms with E-state index in [-0.39, 0.29) is 5.56 Å². The Labute approximate surface area is 129 Å². The van der Waals surface area contributed by atoms with Gasteiger partial charge in [-0.2, -0.15) is 13.2 Å². The summed E-state index contributed by atoms with van der Waals surface area (Å²) in [5.74, 6) is 0.428. The van der Waals surface area contributed by atoms with Gasteiger partial charge in [0, 0.05) is 5.56 Å². The maximum atomic E-state index is 12.4. The first-order valence-corrected chi connectivity index (χ1v) is 6.43. The number of hydrogen-bond acceptors (Lipinski definition) is 4. The Morgan fingerprint density at radius 2 is 1.52 bits per heavy atom. The van der Waals surface area contributed by atoms with Crippen LogP contribution in [0.2, 0.25) is 0 Å². The summed E-state index contributed by atoms with van der Waals surface area (Å²) in [6.45, 7) is 0. The zero-order chi connectivity index (χ0) is 16.9. The van der Waals surface area contributed by atoms with Gasteiger partial charge in [-0.3, -0.25) is 10.2 Å². The summed E-state index contributed by atoms with van der Waals surface area (Å²) in [6, 6.07) is 10.4. The summed E-state index contributed by atoms with van der Waals surface area (Å²) in [7, 11) is 1.53. The van der Waals surface area contributed by atoms with Crippen LogP contribution in [0.5, 0.6) is 11.5 Å². The SMILES string of the molecule is COc1ccc(ONNC(=O)c2ccc(C(F)(F)F)cc2)cc1. The minimum absolute atomic E-state index is 0.0591. The highest BCUT2D eigenvalue weighted by atomic mass is 19.4. The molecule has 2 N–H and O–H groups in total. The topological polar surface area (TPSA) is 59.6 Å². The molecule has 0 radical (unpaired) electrons. The number of amides is 1. The van der Waals surface area contributed by atoms with Crippen LogP contribution in [-0.2, 0) is 6.18 Å². The normalized spacial score (nSPS) is 11.0. The van der Waals surface area contributed by atoms with Crippen LogP contribution in [0.25, 0.3) is 0 Å². The fourth-order valence-electron chi connectivity index (χ4n) is 1.66. The lowest BCUT2D eigenvalue weighted by Gasteiger charge is -2.10. The van der Waals surface area contributed by atoms with E-state index < -0.39 is 17.6 Å². The number of hydrazine groups is 1. The van der Waals surface area contributed by atoms with E-state index in [1.54, 1.807) is 24.3 Å². The fraction of sp³-hybridized carbons (Fsp3) is 0.133. The van der Waals surface area contributed by atoms with Crippen LogP contribution in [0.15, 0.2) is 48.5 Å². The second-order valence-corrected chi connectivity index (χ2v) is 4.41. The highest BCUT2D eigenvalue weighted by molar-refractivity contribution is 5.93. The van der Waals surface area contributed by atoms with E-state index in [4.69, 9.17) is 9.57 Å². The maximum absolute atomic E-state index is 12.4. The van der Waals surface area contributed by atoms with Gasteiger partial charge in [-0.05, 0) is 48.5 Å². The Hall–Kier alpha value is -2.74. The molecule has 5 nitrogen and oxygen atoms in total. The van der Waals surface area contributed by atoms with Crippen molar-refractivity contribution < 1.29 is 27.5 Å². The van der Waals surface area contributed by atoms with E-state index in [1.807, 2.05) is 0 Å². The van der Waals surface area contributed by atoms with Crippen LogP contribution in [0.4, 0.5) is 13.2 Å². The molecule has 2 aromatic rings. The molecule has 0 fully saturated rings. The van der Waals surface area contributed by atoms with Crippen molar-refractivity contribution in [2.75, 3.05) is 7.11 Å². The lowest BCUT2D eigenvalue weighted by Crippen LogP contribution is -2.39. The third kappa shape index (κ3) is 4.62. The number of nitrogens with one attached hydrogen (secondary N) is 2. The predicted octanol–water partition coefficient (Wildman–Crippen LogP) is 2.94. The summed E-state index contributed by atoms with van der Waals surface area (Å²) in [6.07, 6.45) is -4.44. The lowest BCUT2D eigenvalue weighted by atomic mass is 10.1. The maximum Gasteiger partial charge on any atom is 0.416 e. The number of benzene rings is 2. The second-order valence-electron chi connectivity index (χ2n) is 4.41. The van der Waals surface area contributed by atoms with Gasteiger partial charge in [0.25, 0.3) is 5.91 Å². The molecule has 0 saturated carbocycles. The largest absolute Gasteiger partial charge is 0.497 e. The number of methoxy groups -OCH3 is 1. The van der Waals surface area contributed by atoms with Crippen molar-refractivity contribution in [3.8, 4) is 11.5 Å². The molecule has 1 amide bonds. The third-order valence-electron chi connectivity index (χ3n) is 2.87. The predicted molar refractivity (Wildman–Crippen MR) is 75.7 cm³/mol. The van der Waals surface area contributed by atoms with Gasteiger partial charge in [-0.1, -0.05) is 5.59 Å². The van der Waals surface area contributed by atoms with Crippen molar-refractivity contribution in [1.29, 1.82) is 0 Å². The van der Waals surface area contributed by atoms with Gasteiger partial charge in [-0.25, -0.2) is 0 Å². The molecule has 0 heterocycles. The smallest absolute Gasteiger partial charge is 0.416 e. The fourth-order valence-corrected chi connectivity index (χ4v) is 1.66. The Bertz CT molecular complexity index is 655. The average molecular weight is 326 g/mol. The monoisotopic (exact) mass is 326 g/mol. The number of carbonyl (C=O) groups excluding carboxylic acids is 1. The second kappa shape index (κ2) is 7.01. The first kappa shape index (κ1) is 16.6. The number of rotatable bonds is 5. The molecule has 122 valence electrons. The van der Waals surface area contributed by atoms with E-state index in [1.165, 1.54) is 7.11 Å². The van der Waals surface area contributed by atoms with E-state index in [0.29, 0.717) is 11.5 Å². The number of halogens is 3. The van der Waals surface area contributed by atoms with Crippen molar-refractivity contribution in [1.82, 2.24) is 11.0 Å². The minimum Gasteiger partial charge on any atom is -0.497 e. The molecule has 0 spiro atoms. The third-order valence-corrected chi connectivity index (χ3v) is 2.87.